The van der Waals surface area contributed by atoms with Crippen molar-refractivity contribution in [1.82, 2.24) is 9.88 Å². The molecule has 120 valence electrons. The number of amides is 1. The molecule has 0 spiro atoms. The van der Waals surface area contributed by atoms with Crippen molar-refractivity contribution >= 4 is 11.8 Å². The first-order valence-corrected chi connectivity index (χ1v) is 7.92. The van der Waals surface area contributed by atoms with Gasteiger partial charge in [-0.15, -0.1) is 0 Å². The maximum atomic E-state index is 12.2. The molecule has 0 bridgehead atoms. The van der Waals surface area contributed by atoms with Gasteiger partial charge in [-0.05, 0) is 46.2 Å². The Kier molecular flexibility index (Phi) is 3.54. The van der Waals surface area contributed by atoms with Crippen LogP contribution in [0.5, 0.6) is 0 Å². The standard InChI is InChI=1S/C17H25N3O2/c1-11-6-14(7-18-12(11)2)19-8-13-9-20(15(13)10-19)16(21)22-17(3,4)5/h6-7,13,15H,8-10H2,1-5H3/t13-,15-/m1/s1. The van der Waals surface area contributed by atoms with Crippen LogP contribution in [0.1, 0.15) is 32.0 Å². The average Bonchev–Trinajstić information content (AvgIpc) is 2.69. The Morgan fingerprint density at radius 3 is 2.64 bits per heavy atom. The van der Waals surface area contributed by atoms with Crippen molar-refractivity contribution < 1.29 is 9.53 Å². The minimum absolute atomic E-state index is 0.186. The Hall–Kier alpha value is -1.78. The molecule has 1 aromatic rings. The number of pyridine rings is 1. The van der Waals surface area contributed by atoms with Gasteiger partial charge in [0.1, 0.15) is 5.60 Å². The van der Waals surface area contributed by atoms with Crippen molar-refractivity contribution in [2.75, 3.05) is 24.5 Å². The number of fused-ring (bicyclic) bond motifs is 1. The van der Waals surface area contributed by atoms with Crippen molar-refractivity contribution in [2.24, 2.45) is 5.92 Å². The molecule has 5 nitrogen and oxygen atoms in total. The highest BCUT2D eigenvalue weighted by Crippen LogP contribution is 2.36. The summed E-state index contributed by atoms with van der Waals surface area (Å²) in [5.41, 5.74) is 3.00. The zero-order valence-corrected chi connectivity index (χ0v) is 14.1. The second kappa shape index (κ2) is 5.14. The van der Waals surface area contributed by atoms with Crippen LogP contribution in [0.15, 0.2) is 12.3 Å². The molecule has 0 aromatic carbocycles. The largest absolute Gasteiger partial charge is 0.444 e. The normalized spacial score (nSPS) is 24.0. The number of hydrogen-bond donors (Lipinski definition) is 0. The Labute approximate surface area is 132 Å². The maximum Gasteiger partial charge on any atom is 0.410 e. The maximum absolute atomic E-state index is 12.2. The van der Waals surface area contributed by atoms with E-state index < -0.39 is 5.60 Å². The van der Waals surface area contributed by atoms with Crippen molar-refractivity contribution in [1.29, 1.82) is 0 Å². The lowest BCUT2D eigenvalue weighted by Gasteiger charge is -2.43. The number of carbonyl (C=O) groups excluding carboxylic acids is 1. The number of aromatic nitrogens is 1. The quantitative estimate of drug-likeness (QED) is 0.800. The van der Waals surface area contributed by atoms with Crippen LogP contribution in [0.25, 0.3) is 0 Å². The van der Waals surface area contributed by atoms with E-state index in [2.05, 4.69) is 22.9 Å². The van der Waals surface area contributed by atoms with Gasteiger partial charge in [0.15, 0.2) is 0 Å². The second-order valence-corrected chi connectivity index (χ2v) is 7.46. The summed E-state index contributed by atoms with van der Waals surface area (Å²) in [6.45, 7) is 12.5. The Morgan fingerprint density at radius 2 is 2.00 bits per heavy atom. The van der Waals surface area contributed by atoms with Crippen molar-refractivity contribution in [3.8, 4) is 0 Å². The van der Waals surface area contributed by atoms with Crippen LogP contribution >= 0.6 is 0 Å². The van der Waals surface area contributed by atoms with E-state index in [9.17, 15) is 4.79 Å². The molecule has 0 aliphatic carbocycles. The third kappa shape index (κ3) is 2.76. The topological polar surface area (TPSA) is 45.7 Å². The number of nitrogens with zero attached hydrogens (tertiary/aromatic N) is 3. The van der Waals surface area contributed by atoms with E-state index in [0.717, 1.165) is 31.0 Å². The van der Waals surface area contributed by atoms with Gasteiger partial charge < -0.3 is 14.5 Å². The molecule has 3 heterocycles. The number of carbonyl (C=O) groups is 1. The van der Waals surface area contributed by atoms with Gasteiger partial charge in [0.2, 0.25) is 0 Å². The first-order valence-electron chi connectivity index (χ1n) is 7.92. The molecule has 2 saturated heterocycles. The first-order chi connectivity index (χ1) is 10.2. The lowest BCUT2D eigenvalue weighted by Crippen LogP contribution is -2.59. The lowest BCUT2D eigenvalue weighted by molar-refractivity contribution is -0.0163. The fraction of sp³-hybridized carbons (Fsp3) is 0.647. The molecule has 0 saturated carbocycles. The molecule has 3 rings (SSSR count). The predicted molar refractivity (Wildman–Crippen MR) is 86.1 cm³/mol. The third-order valence-electron chi connectivity index (χ3n) is 4.56. The van der Waals surface area contributed by atoms with Crippen molar-refractivity contribution in [3.63, 3.8) is 0 Å². The SMILES string of the molecule is Cc1cc(N2C[C@@H]3CN(C(=O)OC(C)(C)C)[C@@H]3C2)cnc1C. The Bertz CT molecular complexity index is 594. The number of anilines is 1. The molecule has 22 heavy (non-hydrogen) atoms. The molecule has 1 amide bonds. The number of aryl methyl sites for hydroxylation is 2. The Morgan fingerprint density at radius 1 is 1.27 bits per heavy atom. The van der Waals surface area contributed by atoms with E-state index in [1.165, 1.54) is 5.56 Å². The highest BCUT2D eigenvalue weighted by Gasteiger charge is 2.49. The molecule has 5 heteroatoms. The number of hydrogen-bond acceptors (Lipinski definition) is 4. The summed E-state index contributed by atoms with van der Waals surface area (Å²) in [7, 11) is 0. The lowest BCUT2D eigenvalue weighted by atomic mass is 9.93. The molecule has 2 aliphatic rings. The summed E-state index contributed by atoms with van der Waals surface area (Å²) in [5.74, 6) is 0.550. The summed E-state index contributed by atoms with van der Waals surface area (Å²) in [6, 6.07) is 2.46. The second-order valence-electron chi connectivity index (χ2n) is 7.46. The molecule has 1 aromatic heterocycles. The fourth-order valence-electron chi connectivity index (χ4n) is 3.18. The summed E-state index contributed by atoms with van der Waals surface area (Å²) >= 11 is 0. The highest BCUT2D eigenvalue weighted by molar-refractivity contribution is 5.70. The van der Waals surface area contributed by atoms with Crippen LogP contribution < -0.4 is 4.90 Å². The molecule has 2 atom stereocenters. The third-order valence-corrected chi connectivity index (χ3v) is 4.56. The monoisotopic (exact) mass is 303 g/mol. The van der Waals surface area contributed by atoms with Gasteiger partial charge in [-0.2, -0.15) is 0 Å². The molecular formula is C17H25N3O2. The van der Waals surface area contributed by atoms with Gasteiger partial charge in [0.25, 0.3) is 0 Å². The average molecular weight is 303 g/mol. The van der Waals surface area contributed by atoms with Gasteiger partial charge in [-0.25, -0.2) is 4.79 Å². The smallest absolute Gasteiger partial charge is 0.410 e. The van der Waals surface area contributed by atoms with Gasteiger partial charge in [0, 0.05) is 31.2 Å². The molecule has 0 unspecified atom stereocenters. The minimum atomic E-state index is -0.432. The van der Waals surface area contributed by atoms with Crippen LogP contribution in [-0.4, -0.2) is 47.3 Å². The summed E-state index contributed by atoms with van der Waals surface area (Å²) < 4.78 is 5.48. The van der Waals surface area contributed by atoms with E-state index in [-0.39, 0.29) is 12.1 Å². The molecule has 0 N–H and O–H groups in total. The molecule has 2 aliphatic heterocycles. The van der Waals surface area contributed by atoms with Gasteiger partial charge in [0.05, 0.1) is 17.9 Å². The number of ether oxygens (including phenoxy) is 1. The van der Waals surface area contributed by atoms with Crippen LogP contribution in [-0.2, 0) is 4.74 Å². The van der Waals surface area contributed by atoms with E-state index in [1.807, 2.05) is 38.8 Å². The zero-order chi connectivity index (χ0) is 16.1. The first kappa shape index (κ1) is 15.1. The van der Waals surface area contributed by atoms with E-state index >= 15 is 0 Å². The Balaban J connectivity index is 1.65. The van der Waals surface area contributed by atoms with Crippen LogP contribution in [0, 0.1) is 19.8 Å². The van der Waals surface area contributed by atoms with Crippen LogP contribution in [0.2, 0.25) is 0 Å². The molecule has 2 fully saturated rings. The summed E-state index contributed by atoms with van der Waals surface area (Å²) in [5, 5.41) is 0. The van der Waals surface area contributed by atoms with Crippen LogP contribution in [0.4, 0.5) is 10.5 Å². The van der Waals surface area contributed by atoms with Crippen molar-refractivity contribution in [2.45, 2.75) is 46.3 Å². The van der Waals surface area contributed by atoms with Crippen LogP contribution in [0.3, 0.4) is 0 Å². The number of likely N-dealkylation sites (tertiary alicyclic amines) is 1. The molecule has 0 radical (unpaired) electrons. The van der Waals surface area contributed by atoms with Gasteiger partial charge >= 0.3 is 6.09 Å². The zero-order valence-electron chi connectivity index (χ0n) is 14.1. The van der Waals surface area contributed by atoms with E-state index in [0.29, 0.717) is 5.92 Å². The van der Waals surface area contributed by atoms with Crippen molar-refractivity contribution in [3.05, 3.63) is 23.5 Å². The minimum Gasteiger partial charge on any atom is -0.444 e. The van der Waals surface area contributed by atoms with E-state index in [1.54, 1.807) is 0 Å². The summed E-state index contributed by atoms with van der Waals surface area (Å²) in [6.07, 6.45) is 1.75. The van der Waals surface area contributed by atoms with E-state index in [4.69, 9.17) is 4.74 Å². The summed E-state index contributed by atoms with van der Waals surface area (Å²) in [4.78, 5) is 20.8. The number of rotatable bonds is 1. The highest BCUT2D eigenvalue weighted by atomic mass is 16.6. The van der Waals surface area contributed by atoms with Gasteiger partial charge in [-0.3, -0.25) is 4.98 Å². The predicted octanol–water partition coefficient (Wildman–Crippen LogP) is 2.75. The fourth-order valence-corrected chi connectivity index (χ4v) is 3.18. The van der Waals surface area contributed by atoms with Gasteiger partial charge in [-0.1, -0.05) is 0 Å². The molecular weight excluding hydrogens is 278 g/mol.